The molecule has 0 unspecified atom stereocenters. The van der Waals surface area contributed by atoms with E-state index in [4.69, 9.17) is 19.3 Å². The van der Waals surface area contributed by atoms with Crippen LogP contribution in [0.1, 0.15) is 19.4 Å². The third kappa shape index (κ3) is 2.66. The Morgan fingerprint density at radius 2 is 2.00 bits per heavy atom. The minimum Gasteiger partial charge on any atom is -0.497 e. The van der Waals surface area contributed by atoms with Crippen LogP contribution in [-0.4, -0.2) is 27.4 Å². The molecular weight excluding hydrogens is 229 g/mol. The van der Waals surface area contributed by atoms with Crippen LogP contribution in [-0.2, 0) is 9.31 Å². The Bertz CT molecular complexity index is 472. The van der Waals surface area contributed by atoms with E-state index in [0.717, 1.165) is 5.46 Å². The molecule has 4 nitrogen and oxygen atoms in total. The Morgan fingerprint density at radius 1 is 1.33 bits per heavy atom. The molecule has 1 aromatic rings. The first kappa shape index (κ1) is 12.9. The van der Waals surface area contributed by atoms with Gasteiger partial charge in [0.1, 0.15) is 5.75 Å². The van der Waals surface area contributed by atoms with Crippen molar-refractivity contribution in [2.24, 2.45) is 5.41 Å². The molecule has 5 heteroatoms. The van der Waals surface area contributed by atoms with Crippen LogP contribution >= 0.6 is 0 Å². The van der Waals surface area contributed by atoms with Crippen LogP contribution in [0.15, 0.2) is 18.2 Å². The summed E-state index contributed by atoms with van der Waals surface area (Å²) in [5.41, 5.74) is 1.31. The second-order valence-corrected chi connectivity index (χ2v) is 5.18. The van der Waals surface area contributed by atoms with E-state index >= 15 is 0 Å². The number of ether oxygens (including phenoxy) is 1. The maximum absolute atomic E-state index is 9.16. The normalized spacial score (nSPS) is 18.2. The topological polar surface area (TPSA) is 51.5 Å². The van der Waals surface area contributed by atoms with Gasteiger partial charge >= 0.3 is 7.12 Å². The third-order valence-electron chi connectivity index (χ3n) is 2.89. The zero-order valence-corrected chi connectivity index (χ0v) is 10.9. The number of methoxy groups -OCH3 is 1. The molecule has 0 amide bonds. The van der Waals surface area contributed by atoms with Crippen LogP contribution in [0.2, 0.25) is 0 Å². The van der Waals surface area contributed by atoms with Crippen LogP contribution < -0.4 is 10.2 Å². The monoisotopic (exact) mass is 245 g/mol. The lowest BCUT2D eigenvalue weighted by Gasteiger charge is -2.33. The van der Waals surface area contributed by atoms with Crippen molar-refractivity contribution in [2.75, 3.05) is 20.3 Å². The average Bonchev–Trinajstić information content (AvgIpc) is 2.38. The van der Waals surface area contributed by atoms with Crippen molar-refractivity contribution >= 4 is 12.6 Å². The summed E-state index contributed by atoms with van der Waals surface area (Å²) in [6.45, 7) is 5.41. The number of nitrogens with zero attached hydrogens (tertiary/aromatic N) is 1. The molecule has 0 radical (unpaired) electrons. The molecule has 94 valence electrons. The van der Waals surface area contributed by atoms with Crippen molar-refractivity contribution in [2.45, 2.75) is 13.8 Å². The minimum absolute atomic E-state index is 0.0236. The van der Waals surface area contributed by atoms with Gasteiger partial charge in [0.25, 0.3) is 0 Å². The molecule has 18 heavy (non-hydrogen) atoms. The summed E-state index contributed by atoms with van der Waals surface area (Å²) >= 11 is 0. The van der Waals surface area contributed by atoms with E-state index in [2.05, 4.69) is 19.9 Å². The van der Waals surface area contributed by atoms with E-state index in [1.54, 1.807) is 13.2 Å². The van der Waals surface area contributed by atoms with Crippen LogP contribution in [0.25, 0.3) is 0 Å². The van der Waals surface area contributed by atoms with Gasteiger partial charge in [-0.25, -0.2) is 0 Å². The Labute approximate surface area is 108 Å². The summed E-state index contributed by atoms with van der Waals surface area (Å²) in [5.74, 6) is 0.659. The first-order valence-electron chi connectivity index (χ1n) is 5.87. The highest BCUT2D eigenvalue weighted by Crippen LogP contribution is 2.22. The average molecular weight is 245 g/mol. The van der Waals surface area contributed by atoms with Crippen molar-refractivity contribution in [3.8, 4) is 11.8 Å². The van der Waals surface area contributed by atoms with E-state index in [1.165, 1.54) is 0 Å². The lowest BCUT2D eigenvalue weighted by molar-refractivity contribution is 0.0343. The number of benzene rings is 1. The molecule has 0 bridgehead atoms. The molecule has 1 fully saturated rings. The highest BCUT2D eigenvalue weighted by Gasteiger charge is 2.34. The van der Waals surface area contributed by atoms with Crippen molar-refractivity contribution in [3.63, 3.8) is 0 Å². The molecule has 1 aliphatic rings. The van der Waals surface area contributed by atoms with Crippen LogP contribution in [0.5, 0.6) is 5.75 Å². The highest BCUT2D eigenvalue weighted by atomic mass is 16.6. The quantitative estimate of drug-likeness (QED) is 0.737. The molecule has 0 aromatic heterocycles. The molecule has 0 aliphatic carbocycles. The van der Waals surface area contributed by atoms with Gasteiger partial charge in [0.2, 0.25) is 0 Å². The second-order valence-electron chi connectivity index (χ2n) is 5.18. The molecule has 1 heterocycles. The van der Waals surface area contributed by atoms with Crippen LogP contribution in [0.4, 0.5) is 0 Å². The van der Waals surface area contributed by atoms with Gasteiger partial charge in [-0.1, -0.05) is 19.9 Å². The van der Waals surface area contributed by atoms with E-state index in [9.17, 15) is 0 Å². The van der Waals surface area contributed by atoms with E-state index < -0.39 is 7.12 Å². The Kier molecular flexibility index (Phi) is 3.60. The summed E-state index contributed by atoms with van der Waals surface area (Å²) in [5, 5.41) is 9.16. The molecule has 1 aliphatic heterocycles. The van der Waals surface area contributed by atoms with Gasteiger partial charge in [-0.05, 0) is 12.1 Å². The maximum atomic E-state index is 9.16. The van der Waals surface area contributed by atoms with E-state index in [0.29, 0.717) is 24.5 Å². The molecule has 0 spiro atoms. The Balaban J connectivity index is 2.22. The fourth-order valence-electron chi connectivity index (χ4n) is 1.84. The predicted octanol–water partition coefficient (Wildman–Crippen LogP) is 1.34. The van der Waals surface area contributed by atoms with Crippen molar-refractivity contribution in [1.29, 1.82) is 5.26 Å². The first-order chi connectivity index (χ1) is 8.55. The van der Waals surface area contributed by atoms with Gasteiger partial charge in [0.05, 0.1) is 18.7 Å². The van der Waals surface area contributed by atoms with Gasteiger partial charge in [-0.2, -0.15) is 5.26 Å². The SMILES string of the molecule is COc1ccc(B2OCC(C)(C)CO2)c(C#N)c1. The molecular formula is C13H16BNO3. The molecule has 1 saturated heterocycles. The van der Waals surface area contributed by atoms with Gasteiger partial charge in [-0.15, -0.1) is 0 Å². The van der Waals surface area contributed by atoms with Crippen molar-refractivity contribution in [1.82, 2.24) is 0 Å². The van der Waals surface area contributed by atoms with E-state index in [1.807, 2.05) is 12.1 Å². The summed E-state index contributed by atoms with van der Waals surface area (Å²) in [4.78, 5) is 0. The number of rotatable bonds is 2. The molecule has 2 rings (SSSR count). The van der Waals surface area contributed by atoms with Gasteiger partial charge < -0.3 is 14.0 Å². The fourth-order valence-corrected chi connectivity index (χ4v) is 1.84. The zero-order valence-electron chi connectivity index (χ0n) is 10.9. The second kappa shape index (κ2) is 5.01. The Morgan fingerprint density at radius 3 is 2.56 bits per heavy atom. The molecule has 0 saturated carbocycles. The minimum atomic E-state index is -0.460. The van der Waals surface area contributed by atoms with Gasteiger partial charge in [-0.3, -0.25) is 0 Å². The lowest BCUT2D eigenvalue weighted by Crippen LogP contribution is -2.48. The van der Waals surface area contributed by atoms with Gasteiger partial charge in [0, 0.05) is 24.1 Å². The number of hydrogen-bond acceptors (Lipinski definition) is 4. The highest BCUT2D eigenvalue weighted by molar-refractivity contribution is 6.62. The third-order valence-corrected chi connectivity index (χ3v) is 2.89. The summed E-state index contributed by atoms with van der Waals surface area (Å²) in [7, 11) is 1.12. The largest absolute Gasteiger partial charge is 0.497 e. The van der Waals surface area contributed by atoms with Crippen LogP contribution in [0.3, 0.4) is 0 Å². The number of hydrogen-bond donors (Lipinski definition) is 0. The smallest absolute Gasteiger partial charge is 0.495 e. The maximum Gasteiger partial charge on any atom is 0.495 e. The van der Waals surface area contributed by atoms with E-state index in [-0.39, 0.29) is 5.41 Å². The standard InChI is InChI=1S/C13H16BNO3/c1-13(2)8-17-14(18-9-13)12-5-4-11(16-3)6-10(12)7-15/h4-6H,8-9H2,1-3H3. The number of nitriles is 1. The Hall–Kier alpha value is -1.51. The van der Waals surface area contributed by atoms with Gasteiger partial charge in [0.15, 0.2) is 0 Å². The summed E-state index contributed by atoms with van der Waals surface area (Å²) < 4.78 is 16.5. The first-order valence-corrected chi connectivity index (χ1v) is 5.87. The molecule has 1 aromatic carbocycles. The van der Waals surface area contributed by atoms with Crippen molar-refractivity contribution < 1.29 is 14.0 Å². The summed E-state index contributed by atoms with van der Waals surface area (Å²) in [6, 6.07) is 7.47. The lowest BCUT2D eigenvalue weighted by atomic mass is 9.73. The fraction of sp³-hybridized carbons (Fsp3) is 0.462. The summed E-state index contributed by atoms with van der Waals surface area (Å²) in [6.07, 6.45) is 0. The predicted molar refractivity (Wildman–Crippen MR) is 68.8 cm³/mol. The zero-order chi connectivity index (χ0) is 13.2. The molecule has 0 atom stereocenters. The van der Waals surface area contributed by atoms with Crippen molar-refractivity contribution in [3.05, 3.63) is 23.8 Å². The molecule has 0 N–H and O–H groups in total. The van der Waals surface area contributed by atoms with Crippen LogP contribution in [0, 0.1) is 16.7 Å².